The van der Waals surface area contributed by atoms with Gasteiger partial charge >= 0.3 is 0 Å². The molecule has 122 valence electrons. The fourth-order valence-electron chi connectivity index (χ4n) is 3.24. The topological polar surface area (TPSA) is 50.2 Å². The summed E-state index contributed by atoms with van der Waals surface area (Å²) in [5.74, 6) is 1.64. The van der Waals surface area contributed by atoms with Gasteiger partial charge in [-0.05, 0) is 25.5 Å². The zero-order valence-electron chi connectivity index (χ0n) is 13.8. The van der Waals surface area contributed by atoms with Crippen molar-refractivity contribution in [2.45, 2.75) is 25.8 Å². The average molecular weight is 312 g/mol. The Bertz CT molecular complexity index is 679. The van der Waals surface area contributed by atoms with Gasteiger partial charge in [-0.25, -0.2) is 4.98 Å². The van der Waals surface area contributed by atoms with E-state index in [-0.39, 0.29) is 5.91 Å². The van der Waals surface area contributed by atoms with Crippen LogP contribution in [0.3, 0.4) is 0 Å². The van der Waals surface area contributed by atoms with Gasteiger partial charge in [-0.2, -0.15) is 0 Å². The second-order valence-electron chi connectivity index (χ2n) is 6.38. The van der Waals surface area contributed by atoms with Crippen molar-refractivity contribution in [1.82, 2.24) is 19.8 Å². The van der Waals surface area contributed by atoms with E-state index in [0.29, 0.717) is 19.0 Å². The van der Waals surface area contributed by atoms with Crippen LogP contribution in [0.2, 0.25) is 0 Å². The van der Waals surface area contributed by atoms with Crippen LogP contribution >= 0.6 is 0 Å². The Labute approximate surface area is 137 Å². The fourth-order valence-corrected chi connectivity index (χ4v) is 3.24. The highest BCUT2D eigenvalue weighted by Crippen LogP contribution is 2.25. The Balaban J connectivity index is 1.47. The van der Waals surface area contributed by atoms with Crippen LogP contribution in [-0.4, -0.2) is 40.0 Å². The number of aryl methyl sites for hydroxylation is 2. The highest BCUT2D eigenvalue weighted by Gasteiger charge is 2.27. The summed E-state index contributed by atoms with van der Waals surface area (Å²) in [6, 6.07) is 8.23. The number of aromatic nitrogens is 2. The molecule has 23 heavy (non-hydrogen) atoms. The van der Waals surface area contributed by atoms with Crippen LogP contribution in [0.1, 0.15) is 29.3 Å². The van der Waals surface area contributed by atoms with Crippen LogP contribution in [0.15, 0.2) is 36.7 Å². The number of rotatable bonds is 5. The highest BCUT2D eigenvalue weighted by atomic mass is 16.2. The number of carbonyl (C=O) groups is 1. The second kappa shape index (κ2) is 6.96. The van der Waals surface area contributed by atoms with Crippen LogP contribution in [0.5, 0.6) is 0 Å². The summed E-state index contributed by atoms with van der Waals surface area (Å²) in [6.07, 6.45) is 4.88. The number of amides is 1. The van der Waals surface area contributed by atoms with Crippen molar-refractivity contribution in [1.29, 1.82) is 0 Å². The summed E-state index contributed by atoms with van der Waals surface area (Å²) in [5, 5.41) is 3.01. The SMILES string of the molecule is Cc1cccc(CNC(=O)CN2CC[C@H](c3nccn3C)C2)c1. The lowest BCUT2D eigenvalue weighted by molar-refractivity contribution is -0.122. The monoisotopic (exact) mass is 312 g/mol. The zero-order chi connectivity index (χ0) is 16.2. The first-order chi connectivity index (χ1) is 11.1. The molecule has 3 rings (SSSR count). The van der Waals surface area contributed by atoms with Crippen molar-refractivity contribution in [2.24, 2.45) is 7.05 Å². The predicted octanol–water partition coefficient (Wildman–Crippen LogP) is 1.83. The molecule has 1 N–H and O–H groups in total. The van der Waals surface area contributed by atoms with Gasteiger partial charge in [0.15, 0.2) is 0 Å². The van der Waals surface area contributed by atoms with Gasteiger partial charge in [0.2, 0.25) is 5.91 Å². The Morgan fingerprint density at radius 1 is 1.43 bits per heavy atom. The van der Waals surface area contributed by atoms with Gasteiger partial charge in [0.05, 0.1) is 6.54 Å². The third-order valence-corrected chi connectivity index (χ3v) is 4.44. The van der Waals surface area contributed by atoms with Gasteiger partial charge in [-0.3, -0.25) is 9.69 Å². The maximum atomic E-state index is 12.1. The standard InChI is InChI=1S/C18H24N4O/c1-14-4-3-5-15(10-14)11-20-17(23)13-22-8-6-16(12-22)18-19-7-9-21(18)2/h3-5,7,9-10,16H,6,8,11-13H2,1-2H3,(H,20,23)/t16-/m0/s1. The highest BCUT2D eigenvalue weighted by molar-refractivity contribution is 5.78. The van der Waals surface area contributed by atoms with Crippen molar-refractivity contribution in [2.75, 3.05) is 19.6 Å². The first-order valence-electron chi connectivity index (χ1n) is 8.13. The van der Waals surface area contributed by atoms with Crippen molar-refractivity contribution >= 4 is 5.91 Å². The molecule has 0 unspecified atom stereocenters. The quantitative estimate of drug-likeness (QED) is 0.916. The molecule has 1 aromatic carbocycles. The minimum atomic E-state index is 0.0898. The number of likely N-dealkylation sites (tertiary alicyclic amines) is 1. The summed E-state index contributed by atoms with van der Waals surface area (Å²) in [6.45, 7) is 4.98. The Hall–Kier alpha value is -2.14. The molecule has 0 aliphatic carbocycles. The van der Waals surface area contributed by atoms with E-state index in [4.69, 9.17) is 0 Å². The molecule has 0 spiro atoms. The number of nitrogens with zero attached hydrogens (tertiary/aromatic N) is 3. The molecule has 5 nitrogen and oxygen atoms in total. The van der Waals surface area contributed by atoms with Crippen LogP contribution in [0, 0.1) is 6.92 Å². The second-order valence-corrected chi connectivity index (χ2v) is 6.38. The third kappa shape index (κ3) is 3.99. The number of hydrogen-bond acceptors (Lipinski definition) is 3. The predicted molar refractivity (Wildman–Crippen MR) is 90.0 cm³/mol. The Morgan fingerprint density at radius 2 is 2.30 bits per heavy atom. The lowest BCUT2D eigenvalue weighted by Gasteiger charge is -2.16. The lowest BCUT2D eigenvalue weighted by atomic mass is 10.1. The summed E-state index contributed by atoms with van der Waals surface area (Å²) in [4.78, 5) is 18.8. The van der Waals surface area contributed by atoms with Gasteiger partial charge < -0.3 is 9.88 Å². The van der Waals surface area contributed by atoms with Crippen LogP contribution in [0.25, 0.3) is 0 Å². The normalized spacial score (nSPS) is 18.3. The van der Waals surface area contributed by atoms with Gasteiger partial charge in [0.1, 0.15) is 5.82 Å². The molecule has 1 atom stereocenters. The number of carbonyl (C=O) groups excluding carboxylic acids is 1. The van der Waals surface area contributed by atoms with Crippen LogP contribution in [0.4, 0.5) is 0 Å². The molecule has 1 saturated heterocycles. The maximum Gasteiger partial charge on any atom is 0.234 e. The molecular formula is C18H24N4O. The van der Waals surface area contributed by atoms with Crippen LogP contribution < -0.4 is 5.32 Å². The summed E-state index contributed by atoms with van der Waals surface area (Å²) < 4.78 is 2.08. The zero-order valence-corrected chi connectivity index (χ0v) is 13.8. The molecule has 0 saturated carbocycles. The molecule has 0 bridgehead atoms. The van der Waals surface area contributed by atoms with Gasteiger partial charge in [-0.15, -0.1) is 0 Å². The van der Waals surface area contributed by atoms with E-state index in [2.05, 4.69) is 38.8 Å². The molecule has 0 radical (unpaired) electrons. The summed E-state index contributed by atoms with van der Waals surface area (Å²) in [5.41, 5.74) is 2.36. The summed E-state index contributed by atoms with van der Waals surface area (Å²) >= 11 is 0. The van der Waals surface area contributed by atoms with E-state index in [0.717, 1.165) is 30.9 Å². The molecular weight excluding hydrogens is 288 g/mol. The molecule has 5 heteroatoms. The van der Waals surface area contributed by atoms with E-state index < -0.39 is 0 Å². The van der Waals surface area contributed by atoms with E-state index in [9.17, 15) is 4.79 Å². The molecule has 2 aromatic rings. The fraction of sp³-hybridized carbons (Fsp3) is 0.444. The molecule has 1 amide bonds. The lowest BCUT2D eigenvalue weighted by Crippen LogP contribution is -2.35. The van der Waals surface area contributed by atoms with E-state index in [1.165, 1.54) is 5.56 Å². The molecule has 1 aliphatic heterocycles. The van der Waals surface area contributed by atoms with E-state index in [1.807, 2.05) is 31.6 Å². The first kappa shape index (κ1) is 15.7. The average Bonchev–Trinajstić information content (AvgIpc) is 3.14. The first-order valence-corrected chi connectivity index (χ1v) is 8.13. The minimum absolute atomic E-state index is 0.0898. The van der Waals surface area contributed by atoms with Gasteiger partial charge in [-0.1, -0.05) is 29.8 Å². The number of hydrogen-bond donors (Lipinski definition) is 1. The van der Waals surface area contributed by atoms with E-state index in [1.54, 1.807) is 0 Å². The Kier molecular flexibility index (Phi) is 4.76. The third-order valence-electron chi connectivity index (χ3n) is 4.44. The Morgan fingerprint density at radius 3 is 3.04 bits per heavy atom. The minimum Gasteiger partial charge on any atom is -0.351 e. The number of benzene rings is 1. The molecule has 1 fully saturated rings. The van der Waals surface area contributed by atoms with Crippen molar-refractivity contribution in [3.05, 3.63) is 53.6 Å². The van der Waals surface area contributed by atoms with Gasteiger partial charge in [0, 0.05) is 38.4 Å². The molecule has 1 aromatic heterocycles. The maximum absolute atomic E-state index is 12.1. The van der Waals surface area contributed by atoms with Crippen molar-refractivity contribution < 1.29 is 4.79 Å². The van der Waals surface area contributed by atoms with Crippen LogP contribution in [-0.2, 0) is 18.4 Å². The van der Waals surface area contributed by atoms with Gasteiger partial charge in [0.25, 0.3) is 0 Å². The smallest absolute Gasteiger partial charge is 0.234 e. The largest absolute Gasteiger partial charge is 0.351 e. The van der Waals surface area contributed by atoms with E-state index >= 15 is 0 Å². The number of imidazole rings is 1. The van der Waals surface area contributed by atoms with Crippen molar-refractivity contribution in [3.8, 4) is 0 Å². The molecule has 1 aliphatic rings. The number of nitrogens with one attached hydrogen (secondary N) is 1. The summed E-state index contributed by atoms with van der Waals surface area (Å²) in [7, 11) is 2.03. The molecule has 2 heterocycles. The van der Waals surface area contributed by atoms with Crippen molar-refractivity contribution in [3.63, 3.8) is 0 Å².